The summed E-state index contributed by atoms with van der Waals surface area (Å²) >= 11 is 0. The molecule has 1 saturated carbocycles. The van der Waals surface area contributed by atoms with Gasteiger partial charge in [0, 0.05) is 17.6 Å². The largest absolute Gasteiger partial charge is 0.394 e. The Bertz CT molecular complexity index is 268. The first kappa shape index (κ1) is 18.9. The minimum atomic E-state index is -0.0872. The molecular formula is C18H38N2O. The first-order valence-electron chi connectivity index (χ1n) is 9.01. The fraction of sp³-hybridized carbons (Fsp3) is 1.00. The molecule has 126 valence electrons. The second kappa shape index (κ2) is 9.12. The van der Waals surface area contributed by atoms with Gasteiger partial charge in [-0.1, -0.05) is 27.7 Å². The van der Waals surface area contributed by atoms with Gasteiger partial charge in [-0.3, -0.25) is 0 Å². The van der Waals surface area contributed by atoms with Crippen molar-refractivity contribution < 1.29 is 5.11 Å². The lowest BCUT2D eigenvalue weighted by atomic mass is 9.86. The normalized spacial score (nSPS) is 26.3. The summed E-state index contributed by atoms with van der Waals surface area (Å²) in [7, 11) is 2.28. The van der Waals surface area contributed by atoms with Gasteiger partial charge in [-0.15, -0.1) is 0 Å². The summed E-state index contributed by atoms with van der Waals surface area (Å²) in [6.45, 7) is 10.3. The fourth-order valence-electron chi connectivity index (χ4n) is 3.73. The summed E-state index contributed by atoms with van der Waals surface area (Å²) in [5, 5.41) is 13.4. The summed E-state index contributed by atoms with van der Waals surface area (Å²) in [6, 6.07) is 1.21. The van der Waals surface area contributed by atoms with Crippen molar-refractivity contribution >= 4 is 0 Å². The average molecular weight is 299 g/mol. The number of hydrogen-bond donors (Lipinski definition) is 2. The van der Waals surface area contributed by atoms with Crippen LogP contribution in [0.3, 0.4) is 0 Å². The minimum Gasteiger partial charge on any atom is -0.394 e. The summed E-state index contributed by atoms with van der Waals surface area (Å²) in [4.78, 5) is 2.55. The zero-order valence-electron chi connectivity index (χ0n) is 15.0. The lowest BCUT2D eigenvalue weighted by molar-refractivity contribution is 0.122. The molecule has 1 aliphatic rings. The van der Waals surface area contributed by atoms with Crippen molar-refractivity contribution in [2.45, 2.75) is 90.3 Å². The lowest BCUT2D eigenvalue weighted by Crippen LogP contribution is -2.51. The predicted octanol–water partition coefficient (Wildman–Crippen LogP) is 3.42. The molecule has 1 rings (SSSR count). The van der Waals surface area contributed by atoms with Crippen LogP contribution in [0.4, 0.5) is 0 Å². The zero-order chi connectivity index (χ0) is 15.9. The fourth-order valence-corrected chi connectivity index (χ4v) is 3.73. The Morgan fingerprint density at radius 2 is 1.86 bits per heavy atom. The maximum Gasteiger partial charge on any atom is 0.0613 e. The van der Waals surface area contributed by atoms with E-state index in [0.29, 0.717) is 6.04 Å². The highest BCUT2D eigenvalue weighted by Crippen LogP contribution is 2.27. The van der Waals surface area contributed by atoms with Crippen LogP contribution in [-0.2, 0) is 0 Å². The minimum absolute atomic E-state index is 0.0872. The molecule has 1 fully saturated rings. The number of aliphatic hydroxyl groups excluding tert-OH is 1. The molecule has 0 saturated heterocycles. The summed E-state index contributed by atoms with van der Waals surface area (Å²) < 4.78 is 0. The molecule has 1 aliphatic carbocycles. The van der Waals surface area contributed by atoms with Gasteiger partial charge < -0.3 is 15.3 Å². The maximum atomic E-state index is 9.79. The molecule has 0 heterocycles. The van der Waals surface area contributed by atoms with Crippen LogP contribution < -0.4 is 5.32 Å². The Hall–Kier alpha value is -0.120. The van der Waals surface area contributed by atoms with Gasteiger partial charge in [0.05, 0.1) is 6.61 Å². The second-order valence-corrected chi connectivity index (χ2v) is 7.59. The van der Waals surface area contributed by atoms with E-state index in [1.54, 1.807) is 0 Å². The van der Waals surface area contributed by atoms with E-state index in [-0.39, 0.29) is 12.1 Å². The molecular weight excluding hydrogens is 260 g/mol. The molecule has 2 N–H and O–H groups in total. The van der Waals surface area contributed by atoms with E-state index < -0.39 is 0 Å². The Morgan fingerprint density at radius 1 is 1.24 bits per heavy atom. The van der Waals surface area contributed by atoms with E-state index in [0.717, 1.165) is 37.8 Å². The van der Waals surface area contributed by atoms with Crippen LogP contribution in [0.2, 0.25) is 0 Å². The number of nitrogens with one attached hydrogen (secondary N) is 1. The number of hydrogen-bond acceptors (Lipinski definition) is 3. The van der Waals surface area contributed by atoms with Crippen LogP contribution in [-0.4, -0.2) is 47.8 Å². The highest BCUT2D eigenvalue weighted by atomic mass is 16.3. The number of aliphatic hydroxyl groups is 1. The Morgan fingerprint density at radius 3 is 2.33 bits per heavy atom. The molecule has 0 amide bonds. The molecule has 0 bridgehead atoms. The Kier molecular flexibility index (Phi) is 8.22. The molecule has 1 atom stereocenters. The van der Waals surface area contributed by atoms with Gasteiger partial charge in [0.2, 0.25) is 0 Å². The van der Waals surface area contributed by atoms with Crippen molar-refractivity contribution in [2.75, 3.05) is 20.2 Å². The molecule has 0 aromatic heterocycles. The predicted molar refractivity (Wildman–Crippen MR) is 91.7 cm³/mol. The SMILES string of the molecule is CCC(CO)(CCCN(C)C1CCC(C)CC1)NC(C)C. The Labute approximate surface area is 132 Å². The summed E-state index contributed by atoms with van der Waals surface area (Å²) in [6.07, 6.45) is 8.72. The zero-order valence-corrected chi connectivity index (χ0v) is 15.0. The highest BCUT2D eigenvalue weighted by Gasteiger charge is 2.28. The van der Waals surface area contributed by atoms with Crippen LogP contribution in [0.5, 0.6) is 0 Å². The Balaban J connectivity index is 2.36. The van der Waals surface area contributed by atoms with Gasteiger partial charge in [0.25, 0.3) is 0 Å². The third-order valence-electron chi connectivity index (χ3n) is 5.35. The van der Waals surface area contributed by atoms with Crippen LogP contribution in [0.1, 0.15) is 72.6 Å². The molecule has 0 radical (unpaired) electrons. The van der Waals surface area contributed by atoms with Gasteiger partial charge in [-0.2, -0.15) is 0 Å². The van der Waals surface area contributed by atoms with Crippen molar-refractivity contribution in [3.8, 4) is 0 Å². The third kappa shape index (κ3) is 6.25. The van der Waals surface area contributed by atoms with Gasteiger partial charge in [-0.25, -0.2) is 0 Å². The molecule has 0 aromatic carbocycles. The highest BCUT2D eigenvalue weighted by molar-refractivity contribution is 4.88. The van der Waals surface area contributed by atoms with Gasteiger partial charge in [0.1, 0.15) is 0 Å². The van der Waals surface area contributed by atoms with E-state index in [1.165, 1.54) is 25.7 Å². The quantitative estimate of drug-likeness (QED) is 0.685. The molecule has 3 heteroatoms. The molecule has 3 nitrogen and oxygen atoms in total. The maximum absolute atomic E-state index is 9.79. The average Bonchev–Trinajstić information content (AvgIpc) is 2.46. The van der Waals surface area contributed by atoms with Crippen molar-refractivity contribution in [3.63, 3.8) is 0 Å². The van der Waals surface area contributed by atoms with Crippen LogP contribution in [0, 0.1) is 5.92 Å². The first-order valence-corrected chi connectivity index (χ1v) is 9.01. The van der Waals surface area contributed by atoms with E-state index in [9.17, 15) is 5.11 Å². The smallest absolute Gasteiger partial charge is 0.0613 e. The monoisotopic (exact) mass is 298 g/mol. The summed E-state index contributed by atoms with van der Waals surface area (Å²) in [5.41, 5.74) is -0.0872. The molecule has 1 unspecified atom stereocenters. The summed E-state index contributed by atoms with van der Waals surface area (Å²) in [5.74, 6) is 0.923. The first-order chi connectivity index (χ1) is 9.92. The lowest BCUT2D eigenvalue weighted by Gasteiger charge is -2.37. The van der Waals surface area contributed by atoms with Crippen molar-refractivity contribution in [3.05, 3.63) is 0 Å². The van der Waals surface area contributed by atoms with Crippen molar-refractivity contribution in [1.82, 2.24) is 10.2 Å². The van der Waals surface area contributed by atoms with Crippen molar-refractivity contribution in [2.24, 2.45) is 5.92 Å². The second-order valence-electron chi connectivity index (χ2n) is 7.59. The van der Waals surface area contributed by atoms with E-state index in [4.69, 9.17) is 0 Å². The van der Waals surface area contributed by atoms with E-state index in [1.807, 2.05) is 0 Å². The molecule has 0 spiro atoms. The third-order valence-corrected chi connectivity index (χ3v) is 5.35. The van der Waals surface area contributed by atoms with E-state index >= 15 is 0 Å². The van der Waals surface area contributed by atoms with Crippen LogP contribution >= 0.6 is 0 Å². The standard InChI is InChI=1S/C18H38N2O/c1-6-18(14-21,19-15(2)3)12-7-13-20(5)17-10-8-16(4)9-11-17/h15-17,19,21H,6-14H2,1-5H3. The van der Waals surface area contributed by atoms with Crippen LogP contribution in [0.15, 0.2) is 0 Å². The topological polar surface area (TPSA) is 35.5 Å². The number of rotatable bonds is 9. The van der Waals surface area contributed by atoms with Gasteiger partial charge in [0.15, 0.2) is 0 Å². The van der Waals surface area contributed by atoms with E-state index in [2.05, 4.69) is 45.0 Å². The molecule has 0 aromatic rings. The molecule has 0 aliphatic heterocycles. The number of nitrogens with zero attached hydrogens (tertiary/aromatic N) is 1. The van der Waals surface area contributed by atoms with Crippen molar-refractivity contribution in [1.29, 1.82) is 0 Å². The van der Waals surface area contributed by atoms with Crippen LogP contribution in [0.25, 0.3) is 0 Å². The van der Waals surface area contributed by atoms with Gasteiger partial charge >= 0.3 is 0 Å². The van der Waals surface area contributed by atoms with Gasteiger partial charge in [-0.05, 0) is 64.5 Å². The molecule has 21 heavy (non-hydrogen) atoms.